The van der Waals surface area contributed by atoms with E-state index in [-0.39, 0.29) is 11.1 Å². The zero-order valence-electron chi connectivity index (χ0n) is 17.7. The van der Waals surface area contributed by atoms with Crippen LogP contribution < -0.4 is 9.47 Å². The first-order valence-corrected chi connectivity index (χ1v) is 12.4. The third kappa shape index (κ3) is 6.37. The Hall–Kier alpha value is -1.81. The molecule has 9 heteroatoms. The molecule has 6 nitrogen and oxygen atoms in total. The minimum atomic E-state index is -0.295. The maximum Gasteiger partial charge on any atom is 0.293 e. The summed E-state index contributed by atoms with van der Waals surface area (Å²) in [6.45, 7) is 3.58. The Labute approximate surface area is 208 Å². The number of halogens is 2. The van der Waals surface area contributed by atoms with E-state index in [1.807, 2.05) is 43.3 Å². The molecule has 0 bridgehead atoms. The fourth-order valence-corrected chi connectivity index (χ4v) is 4.54. The van der Waals surface area contributed by atoms with E-state index >= 15 is 0 Å². The molecule has 1 saturated heterocycles. The summed E-state index contributed by atoms with van der Waals surface area (Å²) in [5, 5.41) is -0.270. The van der Waals surface area contributed by atoms with Crippen molar-refractivity contribution in [3.8, 4) is 11.5 Å². The van der Waals surface area contributed by atoms with Crippen molar-refractivity contribution in [2.24, 2.45) is 0 Å². The van der Waals surface area contributed by atoms with Crippen molar-refractivity contribution in [2.75, 3.05) is 26.9 Å². The van der Waals surface area contributed by atoms with Crippen LogP contribution in [0.15, 0.2) is 50.2 Å². The zero-order valence-corrected chi connectivity index (χ0v) is 21.7. The Morgan fingerprint density at radius 3 is 2.47 bits per heavy atom. The highest BCUT2D eigenvalue weighted by Crippen LogP contribution is 2.38. The molecule has 0 aliphatic carbocycles. The van der Waals surface area contributed by atoms with Crippen LogP contribution in [0.1, 0.15) is 24.5 Å². The van der Waals surface area contributed by atoms with Crippen LogP contribution in [0.2, 0.25) is 0 Å². The van der Waals surface area contributed by atoms with Crippen LogP contribution in [0.5, 0.6) is 11.5 Å². The van der Waals surface area contributed by atoms with Crippen molar-refractivity contribution in [3.63, 3.8) is 0 Å². The Kier molecular flexibility index (Phi) is 9.22. The van der Waals surface area contributed by atoms with Crippen LogP contribution in [0, 0.1) is 0 Å². The molecule has 0 spiro atoms. The Bertz CT molecular complexity index is 1010. The van der Waals surface area contributed by atoms with Gasteiger partial charge in [-0.25, -0.2) is 0 Å². The standard InChI is InChI=1S/C23H23Br2NO5S/c1-3-30-19-11-16(12-21-22(27)26(23(28)32-21)9-4-10-29-2)18(25)13-20(19)31-14-15-5-7-17(24)8-6-15/h5-8,11-13H,3-4,9-10,14H2,1-2H3/b21-12+. The summed E-state index contributed by atoms with van der Waals surface area (Å²) in [7, 11) is 1.59. The molecule has 2 aromatic carbocycles. The number of hydrogen-bond acceptors (Lipinski definition) is 6. The number of amides is 2. The predicted octanol–water partition coefficient (Wildman–Crippen LogP) is 6.26. The van der Waals surface area contributed by atoms with Crippen LogP contribution >= 0.6 is 43.6 Å². The van der Waals surface area contributed by atoms with Gasteiger partial charge in [0.15, 0.2) is 11.5 Å². The van der Waals surface area contributed by atoms with Gasteiger partial charge >= 0.3 is 0 Å². The molecule has 1 aliphatic rings. The molecule has 0 N–H and O–H groups in total. The first-order chi connectivity index (χ1) is 15.4. The molecular weight excluding hydrogens is 562 g/mol. The number of rotatable bonds is 10. The van der Waals surface area contributed by atoms with Gasteiger partial charge in [-0.05, 0) is 66.6 Å². The smallest absolute Gasteiger partial charge is 0.293 e. The van der Waals surface area contributed by atoms with Gasteiger partial charge in [0.05, 0.1) is 11.5 Å². The van der Waals surface area contributed by atoms with Crippen molar-refractivity contribution >= 4 is 60.8 Å². The van der Waals surface area contributed by atoms with Crippen molar-refractivity contribution < 1.29 is 23.8 Å². The number of carbonyl (C=O) groups is 2. The number of thioether (sulfide) groups is 1. The van der Waals surface area contributed by atoms with Crippen LogP contribution in [0.3, 0.4) is 0 Å². The molecule has 0 radical (unpaired) electrons. The van der Waals surface area contributed by atoms with Gasteiger partial charge in [-0.15, -0.1) is 0 Å². The van der Waals surface area contributed by atoms with Gasteiger partial charge in [-0.3, -0.25) is 14.5 Å². The molecule has 32 heavy (non-hydrogen) atoms. The van der Waals surface area contributed by atoms with Crippen molar-refractivity contribution in [3.05, 3.63) is 61.4 Å². The summed E-state index contributed by atoms with van der Waals surface area (Å²) in [5.74, 6) is 0.862. The second kappa shape index (κ2) is 11.9. The SMILES string of the molecule is CCOc1cc(/C=C2/SC(=O)N(CCCOC)C2=O)c(Br)cc1OCc1ccc(Br)cc1. The monoisotopic (exact) mass is 583 g/mol. The van der Waals surface area contributed by atoms with E-state index in [2.05, 4.69) is 31.9 Å². The first kappa shape index (κ1) is 24.8. The van der Waals surface area contributed by atoms with Crippen molar-refractivity contribution in [2.45, 2.75) is 20.0 Å². The summed E-state index contributed by atoms with van der Waals surface area (Å²) in [6.07, 6.45) is 2.30. The largest absolute Gasteiger partial charge is 0.490 e. The normalized spacial score (nSPS) is 15.0. The van der Waals surface area contributed by atoms with Crippen LogP contribution in [-0.4, -0.2) is 42.9 Å². The lowest BCUT2D eigenvalue weighted by Crippen LogP contribution is -2.29. The van der Waals surface area contributed by atoms with E-state index in [1.165, 1.54) is 4.90 Å². The Morgan fingerprint density at radius 2 is 1.78 bits per heavy atom. The maximum absolute atomic E-state index is 12.7. The van der Waals surface area contributed by atoms with Gasteiger partial charge in [0.2, 0.25) is 0 Å². The molecule has 1 aliphatic heterocycles. The average molecular weight is 585 g/mol. The van der Waals surface area contributed by atoms with E-state index < -0.39 is 0 Å². The van der Waals surface area contributed by atoms with Gasteiger partial charge in [-0.2, -0.15) is 0 Å². The van der Waals surface area contributed by atoms with E-state index in [0.29, 0.717) is 49.2 Å². The minimum absolute atomic E-state index is 0.270. The maximum atomic E-state index is 12.7. The summed E-state index contributed by atoms with van der Waals surface area (Å²) < 4.78 is 18.5. The molecule has 1 heterocycles. The number of methoxy groups -OCH3 is 1. The lowest BCUT2D eigenvalue weighted by Gasteiger charge is -2.14. The zero-order chi connectivity index (χ0) is 23.1. The summed E-state index contributed by atoms with van der Waals surface area (Å²) in [4.78, 5) is 26.6. The molecule has 2 aromatic rings. The third-order valence-corrected chi connectivity index (χ3v) is 6.68. The van der Waals surface area contributed by atoms with Gasteiger partial charge in [0, 0.05) is 29.2 Å². The Morgan fingerprint density at radius 1 is 1.06 bits per heavy atom. The molecular formula is C23H23Br2NO5S. The molecule has 2 amide bonds. The topological polar surface area (TPSA) is 65.1 Å². The molecule has 1 fully saturated rings. The highest BCUT2D eigenvalue weighted by molar-refractivity contribution is 9.10. The fourth-order valence-electron chi connectivity index (χ4n) is 2.99. The van der Waals surface area contributed by atoms with Crippen LogP contribution in [-0.2, 0) is 16.1 Å². The predicted molar refractivity (Wildman–Crippen MR) is 133 cm³/mol. The van der Waals surface area contributed by atoms with Gasteiger partial charge < -0.3 is 14.2 Å². The minimum Gasteiger partial charge on any atom is -0.490 e. The average Bonchev–Trinajstić information content (AvgIpc) is 3.03. The van der Waals surface area contributed by atoms with E-state index in [4.69, 9.17) is 14.2 Å². The summed E-state index contributed by atoms with van der Waals surface area (Å²) >= 11 is 7.92. The van der Waals surface area contributed by atoms with Crippen LogP contribution in [0.25, 0.3) is 6.08 Å². The van der Waals surface area contributed by atoms with Gasteiger partial charge in [0.25, 0.3) is 11.1 Å². The van der Waals surface area contributed by atoms with Gasteiger partial charge in [0.1, 0.15) is 6.61 Å². The highest BCUT2D eigenvalue weighted by Gasteiger charge is 2.34. The number of nitrogens with zero attached hydrogens (tertiary/aromatic N) is 1. The second-order valence-electron chi connectivity index (χ2n) is 6.85. The molecule has 0 aromatic heterocycles. The van der Waals surface area contributed by atoms with Crippen LogP contribution in [0.4, 0.5) is 4.79 Å². The van der Waals surface area contributed by atoms with Crippen molar-refractivity contribution in [1.29, 1.82) is 0 Å². The highest BCUT2D eigenvalue weighted by atomic mass is 79.9. The lowest BCUT2D eigenvalue weighted by molar-refractivity contribution is -0.122. The van der Waals surface area contributed by atoms with Gasteiger partial charge in [-0.1, -0.05) is 44.0 Å². The first-order valence-electron chi connectivity index (χ1n) is 10.0. The lowest BCUT2D eigenvalue weighted by atomic mass is 10.1. The van der Waals surface area contributed by atoms with Crippen molar-refractivity contribution in [1.82, 2.24) is 4.90 Å². The third-order valence-electron chi connectivity index (χ3n) is 4.56. The summed E-state index contributed by atoms with van der Waals surface area (Å²) in [5.41, 5.74) is 1.75. The molecule has 3 rings (SSSR count). The fraction of sp³-hybridized carbons (Fsp3) is 0.304. The molecule has 0 unspecified atom stereocenters. The number of benzene rings is 2. The quantitative estimate of drug-likeness (QED) is 0.242. The number of imide groups is 1. The second-order valence-corrected chi connectivity index (χ2v) is 9.61. The molecule has 170 valence electrons. The molecule has 0 saturated carbocycles. The number of carbonyl (C=O) groups excluding carboxylic acids is 2. The van der Waals surface area contributed by atoms with E-state index in [0.717, 1.165) is 31.8 Å². The number of hydrogen-bond donors (Lipinski definition) is 0. The van der Waals surface area contributed by atoms with E-state index in [9.17, 15) is 9.59 Å². The van der Waals surface area contributed by atoms with E-state index in [1.54, 1.807) is 13.2 Å². The Balaban J connectivity index is 1.80. The number of ether oxygens (including phenoxy) is 3. The molecule has 0 atom stereocenters. The summed E-state index contributed by atoms with van der Waals surface area (Å²) in [6, 6.07) is 11.5.